The molecule has 7 aliphatic rings. The normalized spacial score (nSPS) is 41.4. The Hall–Kier alpha value is -1.38. The fourth-order valence-electron chi connectivity index (χ4n) is 9.29. The van der Waals surface area contributed by atoms with Crippen molar-refractivity contribution in [2.45, 2.75) is 74.2 Å². The number of methoxy groups -OCH3 is 2. The van der Waals surface area contributed by atoms with Crippen molar-refractivity contribution in [2.75, 3.05) is 47.1 Å². The van der Waals surface area contributed by atoms with Gasteiger partial charge in [-0.05, 0) is 69.0 Å². The van der Waals surface area contributed by atoms with Gasteiger partial charge in [-0.1, -0.05) is 6.07 Å². The monoisotopic (exact) mass is 485 g/mol. The third-order valence-electron chi connectivity index (χ3n) is 10.8. The molecule has 5 fully saturated rings. The first-order valence-electron chi connectivity index (χ1n) is 13.6. The minimum atomic E-state index is -0.847. The highest BCUT2D eigenvalue weighted by Crippen LogP contribution is 2.76. The van der Waals surface area contributed by atoms with Crippen molar-refractivity contribution in [1.82, 2.24) is 4.90 Å². The van der Waals surface area contributed by atoms with Crippen molar-refractivity contribution in [3.63, 3.8) is 0 Å². The van der Waals surface area contributed by atoms with Crippen LogP contribution in [0.3, 0.4) is 0 Å². The number of hydrogen-bond acceptors (Lipinski definition) is 7. The Bertz CT molecular complexity index is 1010. The minimum Gasteiger partial charge on any atom is -0.493 e. The van der Waals surface area contributed by atoms with Crippen molar-refractivity contribution >= 4 is 0 Å². The van der Waals surface area contributed by atoms with Gasteiger partial charge in [0.15, 0.2) is 11.5 Å². The molecule has 1 aromatic rings. The lowest BCUT2D eigenvalue weighted by Crippen LogP contribution is -2.81. The van der Waals surface area contributed by atoms with E-state index in [9.17, 15) is 10.2 Å². The summed E-state index contributed by atoms with van der Waals surface area (Å²) in [7, 11) is 3.59. The van der Waals surface area contributed by atoms with Gasteiger partial charge in [0.25, 0.3) is 0 Å². The third kappa shape index (κ3) is 2.79. The molecule has 2 spiro atoms. The summed E-state index contributed by atoms with van der Waals surface area (Å²) in [6, 6.07) is 4.90. The molecule has 2 N–H and O–H groups in total. The van der Waals surface area contributed by atoms with Crippen LogP contribution in [0.4, 0.5) is 0 Å². The van der Waals surface area contributed by atoms with Gasteiger partial charge in [-0.25, -0.2) is 0 Å². The van der Waals surface area contributed by atoms with Crippen molar-refractivity contribution in [3.8, 4) is 11.5 Å². The number of rotatable bonds is 9. The first-order chi connectivity index (χ1) is 17.0. The highest BCUT2D eigenvalue weighted by Gasteiger charge is 2.80. The third-order valence-corrected chi connectivity index (χ3v) is 10.8. The molecule has 2 aliphatic heterocycles. The van der Waals surface area contributed by atoms with Crippen LogP contribution in [0.25, 0.3) is 0 Å². The van der Waals surface area contributed by atoms with E-state index in [4.69, 9.17) is 18.9 Å². The van der Waals surface area contributed by atoms with Crippen LogP contribution in [-0.4, -0.2) is 86.1 Å². The highest BCUT2D eigenvalue weighted by atomic mass is 16.6. The first-order valence-corrected chi connectivity index (χ1v) is 13.6. The van der Waals surface area contributed by atoms with Crippen LogP contribution in [0.15, 0.2) is 12.1 Å². The lowest BCUT2D eigenvalue weighted by atomic mass is 9.35. The van der Waals surface area contributed by atoms with Crippen LogP contribution < -0.4 is 9.47 Å². The standard InChI is InChI=1S/C28H39NO6/c1-32-21-6-5-18-11-22-26-7-8-28(33-2,19(12-26)15-34-16-20(31)14-30)25-27(26,23(18)24(21)35-25)9-10-29(22)13-17-3-4-17/h5-6,17,19-20,22,25,30-31H,3-4,7-16H2,1-2H3/t19-,20?,22-,25-,26?,27?,28?/m1/s1. The van der Waals surface area contributed by atoms with Gasteiger partial charge in [-0.3, -0.25) is 4.90 Å². The van der Waals surface area contributed by atoms with E-state index in [-0.39, 0.29) is 36.1 Å². The Morgan fingerprint density at radius 1 is 1.20 bits per heavy atom. The molecule has 1 saturated heterocycles. The molecular formula is C28H39NO6. The van der Waals surface area contributed by atoms with Crippen molar-refractivity contribution < 1.29 is 29.2 Å². The second-order valence-electron chi connectivity index (χ2n) is 12.1. The Kier molecular flexibility index (Phi) is 5.09. The molecule has 0 radical (unpaired) electrons. The van der Waals surface area contributed by atoms with Gasteiger partial charge < -0.3 is 29.2 Å². The number of ether oxygens (including phenoxy) is 4. The number of likely N-dealkylation sites (tertiary alicyclic amines) is 1. The van der Waals surface area contributed by atoms with E-state index in [0.717, 1.165) is 56.1 Å². The Morgan fingerprint density at radius 2 is 2.06 bits per heavy atom. The first kappa shape index (κ1) is 22.8. The van der Waals surface area contributed by atoms with Gasteiger partial charge in [0.1, 0.15) is 17.8 Å². The van der Waals surface area contributed by atoms with Crippen LogP contribution in [0.2, 0.25) is 0 Å². The zero-order chi connectivity index (χ0) is 24.0. The lowest BCUT2D eigenvalue weighted by Gasteiger charge is -2.74. The van der Waals surface area contributed by atoms with Gasteiger partial charge >= 0.3 is 0 Å². The molecule has 5 aliphatic carbocycles. The van der Waals surface area contributed by atoms with E-state index >= 15 is 0 Å². The van der Waals surface area contributed by atoms with E-state index in [1.165, 1.54) is 30.5 Å². The Labute approximate surface area is 207 Å². The maximum absolute atomic E-state index is 9.87. The van der Waals surface area contributed by atoms with E-state index in [0.29, 0.717) is 12.6 Å². The fourth-order valence-corrected chi connectivity index (χ4v) is 9.29. The number of fused-ring (bicyclic) bond motifs is 2. The van der Waals surface area contributed by atoms with E-state index < -0.39 is 11.7 Å². The van der Waals surface area contributed by atoms with Gasteiger partial charge in [0.05, 0.1) is 26.9 Å². The highest BCUT2D eigenvalue weighted by molar-refractivity contribution is 5.63. The number of aliphatic hydroxyl groups is 2. The second kappa shape index (κ2) is 7.81. The molecule has 4 bridgehead atoms. The number of nitrogens with zero attached hydrogens (tertiary/aromatic N) is 1. The van der Waals surface area contributed by atoms with Crippen LogP contribution in [0.5, 0.6) is 11.5 Å². The van der Waals surface area contributed by atoms with Gasteiger partial charge in [0.2, 0.25) is 0 Å². The predicted molar refractivity (Wildman–Crippen MR) is 129 cm³/mol. The maximum Gasteiger partial charge on any atom is 0.165 e. The van der Waals surface area contributed by atoms with Gasteiger partial charge in [-0.2, -0.15) is 0 Å². The smallest absolute Gasteiger partial charge is 0.165 e. The number of piperidine rings is 1. The number of hydrogen-bond donors (Lipinski definition) is 2. The zero-order valence-electron chi connectivity index (χ0n) is 21.0. The molecule has 192 valence electrons. The average Bonchev–Trinajstić information content (AvgIpc) is 3.62. The quantitative estimate of drug-likeness (QED) is 0.556. The zero-order valence-corrected chi connectivity index (χ0v) is 21.0. The van der Waals surface area contributed by atoms with Gasteiger partial charge in [-0.15, -0.1) is 0 Å². The summed E-state index contributed by atoms with van der Waals surface area (Å²) < 4.78 is 25.4. The van der Waals surface area contributed by atoms with Crippen LogP contribution in [-0.2, 0) is 21.3 Å². The molecule has 0 aromatic heterocycles. The maximum atomic E-state index is 9.87. The molecule has 7 atom stereocenters. The van der Waals surface area contributed by atoms with E-state index in [1.54, 1.807) is 7.11 Å². The molecule has 35 heavy (non-hydrogen) atoms. The molecule has 0 amide bonds. The lowest BCUT2D eigenvalue weighted by molar-refractivity contribution is -0.283. The average molecular weight is 486 g/mol. The van der Waals surface area contributed by atoms with Crippen LogP contribution in [0.1, 0.15) is 49.7 Å². The van der Waals surface area contributed by atoms with E-state index in [1.807, 2.05) is 7.11 Å². The summed E-state index contributed by atoms with van der Waals surface area (Å²) >= 11 is 0. The predicted octanol–water partition coefficient (Wildman–Crippen LogP) is 2.29. The van der Waals surface area contributed by atoms with E-state index in [2.05, 4.69) is 17.0 Å². The molecule has 8 rings (SSSR count). The second-order valence-corrected chi connectivity index (χ2v) is 12.1. The SMILES string of the molecule is COc1ccc2c3c1O[C@H]1C4(OC)CCC5(C[C@@H]4COCC(O)CO)[C@@H](C2)N(CC2CC2)CCC315. The minimum absolute atomic E-state index is 0.0510. The van der Waals surface area contributed by atoms with Crippen LogP contribution in [0, 0.1) is 17.3 Å². The Balaban J connectivity index is 1.35. The summed E-state index contributed by atoms with van der Waals surface area (Å²) in [5.41, 5.74) is 2.50. The molecule has 4 unspecified atom stereocenters. The summed E-state index contributed by atoms with van der Waals surface area (Å²) in [5.74, 6) is 2.84. The molecular weight excluding hydrogens is 446 g/mol. The summed E-state index contributed by atoms with van der Waals surface area (Å²) in [5, 5.41) is 19.1. The summed E-state index contributed by atoms with van der Waals surface area (Å²) in [4.78, 5) is 2.84. The fraction of sp³-hybridized carbons (Fsp3) is 0.786. The number of benzene rings is 1. The summed E-state index contributed by atoms with van der Waals surface area (Å²) in [6.45, 7) is 2.73. The molecule has 2 heterocycles. The van der Waals surface area contributed by atoms with Crippen molar-refractivity contribution in [1.29, 1.82) is 0 Å². The molecule has 7 nitrogen and oxygen atoms in total. The largest absolute Gasteiger partial charge is 0.493 e. The topological polar surface area (TPSA) is 80.6 Å². The van der Waals surface area contributed by atoms with Gasteiger partial charge in [0, 0.05) is 42.0 Å². The molecule has 7 heteroatoms. The van der Waals surface area contributed by atoms with Crippen molar-refractivity contribution in [3.05, 3.63) is 23.3 Å². The molecule has 1 aromatic carbocycles. The number of aliphatic hydroxyl groups excluding tert-OH is 2. The molecule has 4 saturated carbocycles. The van der Waals surface area contributed by atoms with Crippen molar-refractivity contribution in [2.24, 2.45) is 17.3 Å². The van der Waals surface area contributed by atoms with Crippen LogP contribution >= 0.6 is 0 Å². The summed E-state index contributed by atoms with van der Waals surface area (Å²) in [6.07, 6.45) is 7.20. The Morgan fingerprint density at radius 3 is 2.80 bits per heavy atom.